The standard InChI is InChI=1S/C8H6BrF2N3/c9-7-5(2-13)14-3-4(1-12)6(7)8(10)11/h3,8H,1,12H2. The molecule has 0 radical (unpaired) electrons. The van der Waals surface area contributed by atoms with E-state index in [4.69, 9.17) is 11.0 Å². The summed E-state index contributed by atoms with van der Waals surface area (Å²) in [5.41, 5.74) is 5.20. The fourth-order valence-electron chi connectivity index (χ4n) is 1.01. The van der Waals surface area contributed by atoms with E-state index in [0.29, 0.717) is 0 Å². The Bertz CT molecular complexity index is 387. The van der Waals surface area contributed by atoms with Crippen molar-refractivity contribution in [3.63, 3.8) is 0 Å². The second-order valence-corrected chi connectivity index (χ2v) is 3.27. The highest BCUT2D eigenvalue weighted by Gasteiger charge is 2.19. The van der Waals surface area contributed by atoms with Crippen LogP contribution in [-0.4, -0.2) is 4.98 Å². The molecule has 0 saturated heterocycles. The minimum Gasteiger partial charge on any atom is -0.326 e. The van der Waals surface area contributed by atoms with Crippen LogP contribution in [0.3, 0.4) is 0 Å². The van der Waals surface area contributed by atoms with Gasteiger partial charge in [-0.25, -0.2) is 13.8 Å². The van der Waals surface area contributed by atoms with Crippen LogP contribution in [-0.2, 0) is 6.54 Å². The van der Waals surface area contributed by atoms with Crippen molar-refractivity contribution in [3.8, 4) is 6.07 Å². The monoisotopic (exact) mass is 261 g/mol. The third-order valence-corrected chi connectivity index (χ3v) is 2.49. The Kier molecular flexibility index (Phi) is 3.49. The molecule has 0 unspecified atom stereocenters. The van der Waals surface area contributed by atoms with Crippen LogP contribution in [0.25, 0.3) is 0 Å². The summed E-state index contributed by atoms with van der Waals surface area (Å²) in [7, 11) is 0. The molecule has 6 heteroatoms. The van der Waals surface area contributed by atoms with Crippen molar-refractivity contribution < 1.29 is 8.78 Å². The lowest BCUT2D eigenvalue weighted by Gasteiger charge is -2.09. The molecule has 3 nitrogen and oxygen atoms in total. The molecule has 0 amide bonds. The summed E-state index contributed by atoms with van der Waals surface area (Å²) in [4.78, 5) is 3.69. The average Bonchev–Trinajstić information content (AvgIpc) is 2.16. The van der Waals surface area contributed by atoms with Crippen LogP contribution in [0.2, 0.25) is 0 Å². The van der Waals surface area contributed by atoms with Crippen LogP contribution in [0.5, 0.6) is 0 Å². The van der Waals surface area contributed by atoms with E-state index in [9.17, 15) is 8.78 Å². The molecule has 0 aliphatic heterocycles. The van der Waals surface area contributed by atoms with Crippen LogP contribution in [0.4, 0.5) is 8.78 Å². The van der Waals surface area contributed by atoms with Gasteiger partial charge in [0, 0.05) is 18.3 Å². The van der Waals surface area contributed by atoms with Crippen molar-refractivity contribution in [1.82, 2.24) is 4.98 Å². The maximum atomic E-state index is 12.6. The quantitative estimate of drug-likeness (QED) is 0.887. The molecular weight excluding hydrogens is 256 g/mol. The zero-order valence-corrected chi connectivity index (χ0v) is 8.55. The van der Waals surface area contributed by atoms with Gasteiger partial charge in [-0.1, -0.05) is 0 Å². The third kappa shape index (κ3) is 1.89. The lowest BCUT2D eigenvalue weighted by atomic mass is 10.1. The highest BCUT2D eigenvalue weighted by molar-refractivity contribution is 9.10. The summed E-state index contributed by atoms with van der Waals surface area (Å²) in [5, 5.41) is 8.57. The van der Waals surface area contributed by atoms with E-state index >= 15 is 0 Å². The van der Waals surface area contributed by atoms with Gasteiger partial charge in [-0.2, -0.15) is 5.26 Å². The van der Waals surface area contributed by atoms with Gasteiger partial charge >= 0.3 is 0 Å². The number of alkyl halides is 2. The molecule has 2 N–H and O–H groups in total. The van der Waals surface area contributed by atoms with E-state index in [1.165, 1.54) is 6.20 Å². The van der Waals surface area contributed by atoms with E-state index in [1.807, 2.05) is 0 Å². The molecule has 0 aliphatic carbocycles. The Balaban J connectivity index is 3.41. The summed E-state index contributed by atoms with van der Waals surface area (Å²) < 4.78 is 25.2. The summed E-state index contributed by atoms with van der Waals surface area (Å²) in [6.07, 6.45) is -1.47. The number of nitrogens with two attached hydrogens (primary N) is 1. The molecule has 0 atom stereocenters. The van der Waals surface area contributed by atoms with Crippen molar-refractivity contribution in [1.29, 1.82) is 5.26 Å². The molecule has 1 aromatic rings. The van der Waals surface area contributed by atoms with Crippen LogP contribution in [0.15, 0.2) is 10.7 Å². The Morgan fingerprint density at radius 3 is 2.71 bits per heavy atom. The number of nitrogens with zero attached hydrogens (tertiary/aromatic N) is 2. The van der Waals surface area contributed by atoms with Gasteiger partial charge in [-0.15, -0.1) is 0 Å². The third-order valence-electron chi connectivity index (χ3n) is 1.68. The van der Waals surface area contributed by atoms with Gasteiger partial charge in [0.25, 0.3) is 6.43 Å². The van der Waals surface area contributed by atoms with Gasteiger partial charge < -0.3 is 5.73 Å². The van der Waals surface area contributed by atoms with E-state index in [-0.39, 0.29) is 27.8 Å². The minimum absolute atomic E-state index is 0.0259. The molecule has 1 aromatic heterocycles. The molecule has 74 valence electrons. The zero-order valence-electron chi connectivity index (χ0n) is 6.97. The Morgan fingerprint density at radius 2 is 2.29 bits per heavy atom. The van der Waals surface area contributed by atoms with Crippen LogP contribution in [0, 0.1) is 11.3 Å². The Hall–Kier alpha value is -1.06. The van der Waals surface area contributed by atoms with E-state index < -0.39 is 6.43 Å². The minimum atomic E-state index is -2.67. The first kappa shape index (κ1) is 11.0. The molecular formula is C8H6BrF2N3. The lowest BCUT2D eigenvalue weighted by Crippen LogP contribution is -2.05. The normalized spacial score (nSPS) is 10.3. The van der Waals surface area contributed by atoms with E-state index in [1.54, 1.807) is 6.07 Å². The predicted molar refractivity (Wildman–Crippen MR) is 49.5 cm³/mol. The van der Waals surface area contributed by atoms with Crippen LogP contribution in [0.1, 0.15) is 23.2 Å². The van der Waals surface area contributed by atoms with Gasteiger partial charge in [0.2, 0.25) is 0 Å². The molecule has 0 bridgehead atoms. The van der Waals surface area contributed by atoms with Crippen molar-refractivity contribution in [2.75, 3.05) is 0 Å². The number of pyridine rings is 1. The molecule has 0 aromatic carbocycles. The fourth-order valence-corrected chi connectivity index (χ4v) is 1.63. The Morgan fingerprint density at radius 1 is 1.64 bits per heavy atom. The molecule has 1 heterocycles. The maximum Gasteiger partial charge on any atom is 0.265 e. The summed E-state index contributed by atoms with van der Waals surface area (Å²) in [6.45, 7) is -0.0308. The molecule has 1 rings (SSSR count). The predicted octanol–water partition coefficient (Wildman–Crippen LogP) is 2.11. The maximum absolute atomic E-state index is 12.6. The lowest BCUT2D eigenvalue weighted by molar-refractivity contribution is 0.149. The number of hydrogen-bond donors (Lipinski definition) is 1. The van der Waals surface area contributed by atoms with Crippen molar-refractivity contribution in [2.45, 2.75) is 13.0 Å². The van der Waals surface area contributed by atoms with E-state index in [0.717, 1.165) is 0 Å². The number of halogens is 3. The van der Waals surface area contributed by atoms with Crippen LogP contribution >= 0.6 is 15.9 Å². The summed E-state index contributed by atoms with van der Waals surface area (Å²) in [5.74, 6) is 0. The number of hydrogen-bond acceptors (Lipinski definition) is 3. The van der Waals surface area contributed by atoms with Gasteiger partial charge in [-0.3, -0.25) is 0 Å². The molecule has 0 saturated carbocycles. The van der Waals surface area contributed by atoms with E-state index in [2.05, 4.69) is 20.9 Å². The first-order valence-electron chi connectivity index (χ1n) is 3.67. The van der Waals surface area contributed by atoms with Crippen molar-refractivity contribution in [3.05, 3.63) is 27.5 Å². The second kappa shape index (κ2) is 4.44. The highest BCUT2D eigenvalue weighted by Crippen LogP contribution is 2.31. The smallest absolute Gasteiger partial charge is 0.265 e. The number of nitriles is 1. The van der Waals surface area contributed by atoms with Crippen LogP contribution < -0.4 is 5.73 Å². The average molecular weight is 262 g/mol. The molecule has 0 aliphatic rings. The molecule has 0 fully saturated rings. The SMILES string of the molecule is N#Cc1ncc(CN)c(C(F)F)c1Br. The topological polar surface area (TPSA) is 62.7 Å². The first-order valence-corrected chi connectivity index (χ1v) is 4.46. The van der Waals surface area contributed by atoms with Gasteiger partial charge in [-0.05, 0) is 21.5 Å². The fraction of sp³-hybridized carbons (Fsp3) is 0.250. The van der Waals surface area contributed by atoms with Gasteiger partial charge in [0.15, 0.2) is 5.69 Å². The van der Waals surface area contributed by atoms with Gasteiger partial charge in [0.05, 0.1) is 4.47 Å². The first-order chi connectivity index (χ1) is 6.61. The summed E-state index contributed by atoms with van der Waals surface area (Å²) >= 11 is 2.91. The second-order valence-electron chi connectivity index (χ2n) is 2.48. The molecule has 14 heavy (non-hydrogen) atoms. The largest absolute Gasteiger partial charge is 0.326 e. The summed E-state index contributed by atoms with van der Waals surface area (Å²) in [6, 6.07) is 1.71. The van der Waals surface area contributed by atoms with Crippen molar-refractivity contribution in [2.24, 2.45) is 5.73 Å². The Labute approximate surface area is 87.7 Å². The van der Waals surface area contributed by atoms with Crippen molar-refractivity contribution >= 4 is 15.9 Å². The molecule has 0 spiro atoms. The number of rotatable bonds is 2. The highest BCUT2D eigenvalue weighted by atomic mass is 79.9. The van der Waals surface area contributed by atoms with Gasteiger partial charge in [0.1, 0.15) is 6.07 Å². The number of aromatic nitrogens is 1. The zero-order chi connectivity index (χ0) is 10.7.